The van der Waals surface area contributed by atoms with Gasteiger partial charge in [-0.3, -0.25) is 0 Å². The van der Waals surface area contributed by atoms with Gasteiger partial charge in [0.15, 0.2) is 5.03 Å². The van der Waals surface area contributed by atoms with E-state index in [0.717, 1.165) is 19.3 Å². The van der Waals surface area contributed by atoms with Crippen LogP contribution >= 0.6 is 0 Å². The summed E-state index contributed by atoms with van der Waals surface area (Å²) >= 11 is 0. The van der Waals surface area contributed by atoms with E-state index in [1.165, 1.54) is 0 Å². The van der Waals surface area contributed by atoms with Gasteiger partial charge in [-0.05, 0) is 32.1 Å². The van der Waals surface area contributed by atoms with Crippen molar-refractivity contribution < 1.29 is 13.2 Å². The Balaban J connectivity index is 2.13. The summed E-state index contributed by atoms with van der Waals surface area (Å²) in [5.41, 5.74) is 0. The normalized spacial score (nSPS) is 21.9. The molecule has 1 atom stereocenters. The molecule has 0 radical (unpaired) electrons. The first-order valence-electron chi connectivity index (χ1n) is 6.94. The van der Waals surface area contributed by atoms with Gasteiger partial charge < -0.3 is 9.30 Å². The highest BCUT2D eigenvalue weighted by Crippen LogP contribution is 2.23. The molecule has 1 aliphatic heterocycles. The molecule has 0 bridgehead atoms. The molecule has 1 aliphatic rings. The van der Waals surface area contributed by atoms with Gasteiger partial charge in [-0.25, -0.2) is 13.4 Å². The summed E-state index contributed by atoms with van der Waals surface area (Å²) in [4.78, 5) is 4.15. The zero-order chi connectivity index (χ0) is 14.8. The predicted octanol–water partition coefficient (Wildman–Crippen LogP) is 1.17. The molecule has 1 saturated heterocycles. The van der Waals surface area contributed by atoms with Gasteiger partial charge in [-0.15, -0.1) is 0 Å². The number of methoxy groups -OCH3 is 1. The van der Waals surface area contributed by atoms with E-state index in [2.05, 4.69) is 4.98 Å². The van der Waals surface area contributed by atoms with Gasteiger partial charge >= 0.3 is 0 Å². The number of hydrogen-bond acceptors (Lipinski definition) is 4. The second-order valence-electron chi connectivity index (χ2n) is 5.39. The fourth-order valence-electron chi connectivity index (χ4n) is 2.56. The van der Waals surface area contributed by atoms with E-state index in [0.29, 0.717) is 31.4 Å². The topological polar surface area (TPSA) is 64.4 Å². The van der Waals surface area contributed by atoms with Gasteiger partial charge in [0.1, 0.15) is 5.82 Å². The molecule has 0 N–H and O–H groups in total. The lowest BCUT2D eigenvalue weighted by atomic mass is 10.0. The van der Waals surface area contributed by atoms with Crippen molar-refractivity contribution in [2.24, 2.45) is 13.0 Å². The molecule has 0 spiro atoms. The minimum Gasteiger partial charge on any atom is -0.384 e. The average Bonchev–Trinajstić information content (AvgIpc) is 2.63. The lowest BCUT2D eigenvalue weighted by molar-refractivity contribution is 0.145. The largest absolute Gasteiger partial charge is 0.384 e. The van der Waals surface area contributed by atoms with Crippen LogP contribution in [-0.2, 0) is 21.8 Å². The molecule has 2 heterocycles. The number of ether oxygens (including phenoxy) is 1. The molecule has 1 unspecified atom stereocenters. The Bertz CT molecular complexity index is 534. The van der Waals surface area contributed by atoms with Crippen molar-refractivity contribution in [1.82, 2.24) is 13.9 Å². The first kappa shape index (κ1) is 15.5. The van der Waals surface area contributed by atoms with Gasteiger partial charge in [0, 0.05) is 40.1 Å². The molecule has 0 aliphatic carbocycles. The van der Waals surface area contributed by atoms with Crippen LogP contribution in [0.3, 0.4) is 0 Å². The van der Waals surface area contributed by atoms with Crippen LogP contribution in [0.1, 0.15) is 25.1 Å². The standard InChI is InChI=1S/C13H23N3O3S/c1-11-14-13(9-15(11)2)20(17,18)16-7-4-5-12(6-8-16)10-19-3/h9,12H,4-8,10H2,1-3H3. The number of nitrogens with zero attached hydrogens (tertiary/aromatic N) is 3. The Morgan fingerprint density at radius 2 is 2.15 bits per heavy atom. The summed E-state index contributed by atoms with van der Waals surface area (Å²) < 4.78 is 33.7. The Morgan fingerprint density at radius 1 is 1.40 bits per heavy atom. The highest BCUT2D eigenvalue weighted by molar-refractivity contribution is 7.89. The molecule has 1 aromatic heterocycles. The number of hydrogen-bond donors (Lipinski definition) is 0. The van der Waals surface area contributed by atoms with Crippen LogP contribution in [0.4, 0.5) is 0 Å². The summed E-state index contributed by atoms with van der Waals surface area (Å²) in [5, 5.41) is 0.155. The Hall–Kier alpha value is -0.920. The van der Waals surface area contributed by atoms with Crippen molar-refractivity contribution in [2.45, 2.75) is 31.2 Å². The monoisotopic (exact) mass is 301 g/mol. The minimum atomic E-state index is -3.46. The molecule has 6 nitrogen and oxygen atoms in total. The highest BCUT2D eigenvalue weighted by Gasteiger charge is 2.29. The number of aromatic nitrogens is 2. The first-order chi connectivity index (χ1) is 9.45. The Kier molecular flexibility index (Phi) is 4.82. The molecule has 0 aromatic carbocycles. The maximum atomic E-state index is 12.6. The second kappa shape index (κ2) is 6.24. The smallest absolute Gasteiger partial charge is 0.262 e. The molecule has 0 saturated carbocycles. The maximum absolute atomic E-state index is 12.6. The predicted molar refractivity (Wildman–Crippen MR) is 75.9 cm³/mol. The second-order valence-corrected chi connectivity index (χ2v) is 7.28. The maximum Gasteiger partial charge on any atom is 0.262 e. The molecule has 2 rings (SSSR count). The van der Waals surface area contributed by atoms with Crippen molar-refractivity contribution in [1.29, 1.82) is 0 Å². The third kappa shape index (κ3) is 3.21. The van der Waals surface area contributed by atoms with Crippen LogP contribution < -0.4 is 0 Å². The number of sulfonamides is 1. The molecule has 1 aromatic rings. The van der Waals surface area contributed by atoms with Crippen molar-refractivity contribution in [3.63, 3.8) is 0 Å². The van der Waals surface area contributed by atoms with Crippen LogP contribution in [0.5, 0.6) is 0 Å². The van der Waals surface area contributed by atoms with Gasteiger partial charge in [0.2, 0.25) is 0 Å². The van der Waals surface area contributed by atoms with Gasteiger partial charge in [-0.2, -0.15) is 4.31 Å². The fourth-order valence-corrected chi connectivity index (χ4v) is 4.08. The summed E-state index contributed by atoms with van der Waals surface area (Å²) in [5.74, 6) is 1.15. The molecular weight excluding hydrogens is 278 g/mol. The van der Waals surface area contributed by atoms with Crippen LogP contribution in [0, 0.1) is 12.8 Å². The molecule has 1 fully saturated rings. The molecule has 20 heavy (non-hydrogen) atoms. The summed E-state index contributed by atoms with van der Waals surface area (Å²) in [6, 6.07) is 0. The van der Waals surface area contributed by atoms with E-state index < -0.39 is 10.0 Å². The Labute approximate surface area is 120 Å². The van der Waals surface area contributed by atoms with Crippen molar-refractivity contribution in [3.05, 3.63) is 12.0 Å². The van der Waals surface area contributed by atoms with Crippen molar-refractivity contribution in [3.8, 4) is 0 Å². The quantitative estimate of drug-likeness (QED) is 0.837. The van der Waals surface area contributed by atoms with E-state index in [1.807, 2.05) is 0 Å². The zero-order valence-corrected chi connectivity index (χ0v) is 13.2. The molecule has 7 heteroatoms. The summed E-state index contributed by atoms with van der Waals surface area (Å²) in [6.45, 7) is 3.62. The lowest BCUT2D eigenvalue weighted by Gasteiger charge is -2.18. The number of aryl methyl sites for hydroxylation is 2. The van der Waals surface area contributed by atoms with E-state index in [1.54, 1.807) is 36.2 Å². The minimum absolute atomic E-state index is 0.155. The highest BCUT2D eigenvalue weighted by atomic mass is 32.2. The van der Waals surface area contributed by atoms with Gasteiger partial charge in [0.05, 0.1) is 0 Å². The van der Waals surface area contributed by atoms with Gasteiger partial charge in [-0.1, -0.05) is 0 Å². The van der Waals surface area contributed by atoms with Crippen LogP contribution in [0.25, 0.3) is 0 Å². The van der Waals surface area contributed by atoms with E-state index in [9.17, 15) is 8.42 Å². The third-order valence-corrected chi connectivity index (χ3v) is 5.67. The first-order valence-corrected chi connectivity index (χ1v) is 8.38. The molecule has 0 amide bonds. The SMILES string of the molecule is COCC1CCCN(S(=O)(=O)c2cn(C)c(C)n2)CC1. The molecule has 114 valence electrons. The van der Waals surface area contributed by atoms with Crippen LogP contribution in [0.2, 0.25) is 0 Å². The van der Waals surface area contributed by atoms with E-state index in [-0.39, 0.29) is 5.03 Å². The van der Waals surface area contributed by atoms with Crippen molar-refractivity contribution in [2.75, 3.05) is 26.8 Å². The average molecular weight is 301 g/mol. The van der Waals surface area contributed by atoms with Crippen LogP contribution in [0.15, 0.2) is 11.2 Å². The fraction of sp³-hybridized carbons (Fsp3) is 0.769. The summed E-state index contributed by atoms with van der Waals surface area (Å²) in [7, 11) is 0.0297. The van der Waals surface area contributed by atoms with Gasteiger partial charge in [0.25, 0.3) is 10.0 Å². The van der Waals surface area contributed by atoms with E-state index in [4.69, 9.17) is 4.74 Å². The lowest BCUT2D eigenvalue weighted by Crippen LogP contribution is -2.32. The molecular formula is C13H23N3O3S. The van der Waals surface area contributed by atoms with E-state index >= 15 is 0 Å². The zero-order valence-electron chi connectivity index (χ0n) is 12.4. The van der Waals surface area contributed by atoms with Crippen LogP contribution in [-0.4, -0.2) is 49.1 Å². The Morgan fingerprint density at radius 3 is 2.75 bits per heavy atom. The third-order valence-electron chi connectivity index (χ3n) is 3.90. The summed E-state index contributed by atoms with van der Waals surface area (Å²) in [6.07, 6.45) is 4.32. The number of imidazole rings is 1. The van der Waals surface area contributed by atoms with Crippen molar-refractivity contribution >= 4 is 10.0 Å². The number of rotatable bonds is 4.